The van der Waals surface area contributed by atoms with Crippen LogP contribution in [-0.4, -0.2) is 60.3 Å². The molecule has 0 saturated carbocycles. The summed E-state index contributed by atoms with van der Waals surface area (Å²) in [5.74, 6) is 0.255. The van der Waals surface area contributed by atoms with Crippen molar-refractivity contribution in [2.75, 3.05) is 43.9 Å². The number of hydrogen-bond acceptors (Lipinski definition) is 7. The van der Waals surface area contributed by atoms with Crippen molar-refractivity contribution in [3.8, 4) is 6.01 Å². The Morgan fingerprint density at radius 1 is 1.21 bits per heavy atom. The number of hydrogen-bond donors (Lipinski definition) is 2. The molecule has 0 atom stereocenters. The average Bonchev–Trinajstić information content (AvgIpc) is 3.06. The molecule has 3 heterocycles. The van der Waals surface area contributed by atoms with Gasteiger partial charge in [0.1, 0.15) is 0 Å². The number of ether oxygens (including phenoxy) is 1. The van der Waals surface area contributed by atoms with E-state index in [4.69, 9.17) is 25.8 Å². The summed E-state index contributed by atoms with van der Waals surface area (Å²) in [5.41, 5.74) is 13.0. The van der Waals surface area contributed by atoms with E-state index in [9.17, 15) is 4.79 Å². The number of methoxy groups -OCH3 is 1. The number of anilines is 2. The number of carbonyl (C=O) groups excluding carboxylic acids is 1. The van der Waals surface area contributed by atoms with E-state index in [-0.39, 0.29) is 11.8 Å². The van der Waals surface area contributed by atoms with Crippen LogP contribution in [0, 0.1) is 12.3 Å². The number of fused-ring (bicyclic) bond motifs is 1. The van der Waals surface area contributed by atoms with Crippen LogP contribution in [0.2, 0.25) is 0 Å². The molecule has 4 rings (SSSR count). The molecule has 8 heteroatoms. The molecule has 2 aliphatic rings. The molecule has 174 valence electrons. The quantitative estimate of drug-likeness (QED) is 0.414. The molecule has 2 aromatic rings. The molecule has 33 heavy (non-hydrogen) atoms. The van der Waals surface area contributed by atoms with Gasteiger partial charge >= 0.3 is 6.01 Å². The molecule has 1 amide bonds. The van der Waals surface area contributed by atoms with E-state index >= 15 is 0 Å². The molecular weight excluding hydrogens is 416 g/mol. The van der Waals surface area contributed by atoms with E-state index in [2.05, 4.69) is 18.4 Å². The van der Waals surface area contributed by atoms with Gasteiger partial charge < -0.3 is 25.7 Å². The number of aryl methyl sites for hydroxylation is 1. The van der Waals surface area contributed by atoms with E-state index in [1.54, 1.807) is 7.11 Å². The largest absolute Gasteiger partial charge is 0.467 e. The number of benzene rings is 1. The predicted octanol–water partition coefficient (Wildman–Crippen LogP) is 2.87. The first-order valence-corrected chi connectivity index (χ1v) is 11.5. The molecule has 8 nitrogen and oxygen atoms in total. The van der Waals surface area contributed by atoms with Crippen molar-refractivity contribution in [2.45, 2.75) is 38.5 Å². The fraction of sp³-hybridized carbons (Fsp3) is 0.440. The number of likely N-dealkylation sites (tertiary alicyclic amines) is 1. The van der Waals surface area contributed by atoms with Gasteiger partial charge in [-0.1, -0.05) is 12.6 Å². The van der Waals surface area contributed by atoms with Gasteiger partial charge in [0.15, 0.2) is 0 Å². The Morgan fingerprint density at radius 3 is 2.61 bits per heavy atom. The van der Waals surface area contributed by atoms with E-state index in [0.717, 1.165) is 67.0 Å². The van der Waals surface area contributed by atoms with Gasteiger partial charge in [0, 0.05) is 56.0 Å². The van der Waals surface area contributed by atoms with Crippen LogP contribution in [-0.2, 0) is 17.6 Å². The molecule has 1 saturated heterocycles. The van der Waals surface area contributed by atoms with Crippen molar-refractivity contribution in [1.82, 2.24) is 14.9 Å². The molecule has 0 unspecified atom stereocenters. The maximum atomic E-state index is 12.0. The van der Waals surface area contributed by atoms with Gasteiger partial charge in [-0.15, -0.1) is 0 Å². The van der Waals surface area contributed by atoms with Gasteiger partial charge in [-0.05, 0) is 49.5 Å². The summed E-state index contributed by atoms with van der Waals surface area (Å²) in [4.78, 5) is 25.7. The van der Waals surface area contributed by atoms with Crippen LogP contribution < -0.4 is 15.4 Å². The van der Waals surface area contributed by atoms with Crippen molar-refractivity contribution >= 4 is 23.5 Å². The number of piperidine rings is 1. The predicted molar refractivity (Wildman–Crippen MR) is 130 cm³/mol. The summed E-state index contributed by atoms with van der Waals surface area (Å²) in [6.45, 7) is 8.65. The summed E-state index contributed by atoms with van der Waals surface area (Å²) >= 11 is 0. The minimum Gasteiger partial charge on any atom is -0.467 e. The van der Waals surface area contributed by atoms with E-state index < -0.39 is 0 Å². The van der Waals surface area contributed by atoms with Crippen LogP contribution >= 0.6 is 0 Å². The standard InChI is InChI=1S/C25H32N6O2/c1-4-22(32)30-11-7-17(8-12-30)23-18-9-13-31(14-10-21(18)28-25(29-23)33-3)24-16(2)5-6-20(27)19(24)15-26/h4-6,15,17,26H,1,7-14,27H2,2-3H3. The van der Waals surface area contributed by atoms with Gasteiger partial charge in [-0.2, -0.15) is 9.97 Å². The number of carbonyl (C=O) groups is 1. The summed E-state index contributed by atoms with van der Waals surface area (Å²) in [5, 5.41) is 7.90. The van der Waals surface area contributed by atoms with E-state index in [1.807, 2.05) is 17.0 Å². The van der Waals surface area contributed by atoms with Crippen molar-refractivity contribution in [1.29, 1.82) is 5.41 Å². The number of nitrogen functional groups attached to an aromatic ring is 1. The van der Waals surface area contributed by atoms with E-state index in [1.165, 1.54) is 17.9 Å². The maximum absolute atomic E-state index is 12.0. The molecule has 1 aromatic heterocycles. The summed E-state index contributed by atoms with van der Waals surface area (Å²) < 4.78 is 5.45. The highest BCUT2D eigenvalue weighted by Crippen LogP contribution is 2.35. The first-order valence-electron chi connectivity index (χ1n) is 11.5. The Morgan fingerprint density at radius 2 is 1.94 bits per heavy atom. The fourth-order valence-corrected chi connectivity index (χ4v) is 5.06. The molecule has 0 spiro atoms. The third-order valence-electron chi connectivity index (χ3n) is 6.82. The van der Waals surface area contributed by atoms with Crippen LogP contribution in [0.1, 0.15) is 46.8 Å². The number of nitrogens with zero attached hydrogens (tertiary/aromatic N) is 4. The molecule has 0 aliphatic carbocycles. The fourth-order valence-electron chi connectivity index (χ4n) is 5.06. The molecule has 2 aliphatic heterocycles. The lowest BCUT2D eigenvalue weighted by Crippen LogP contribution is -2.37. The third-order valence-corrected chi connectivity index (χ3v) is 6.82. The lowest BCUT2D eigenvalue weighted by molar-refractivity contribution is -0.127. The average molecular weight is 449 g/mol. The second kappa shape index (κ2) is 9.60. The minimum atomic E-state index is -0.0114. The molecule has 0 bridgehead atoms. The Labute approximate surface area is 195 Å². The zero-order valence-corrected chi connectivity index (χ0v) is 19.4. The van der Waals surface area contributed by atoms with Crippen molar-refractivity contribution in [3.63, 3.8) is 0 Å². The number of nitrogens with two attached hydrogens (primary N) is 1. The number of amides is 1. The highest BCUT2D eigenvalue weighted by Gasteiger charge is 2.29. The third kappa shape index (κ3) is 4.42. The monoisotopic (exact) mass is 448 g/mol. The minimum absolute atomic E-state index is 0.0114. The molecule has 1 fully saturated rings. The van der Waals surface area contributed by atoms with Gasteiger partial charge in [0.2, 0.25) is 5.91 Å². The molecular formula is C25H32N6O2. The van der Waals surface area contributed by atoms with Crippen LogP contribution in [0.3, 0.4) is 0 Å². The summed E-state index contributed by atoms with van der Waals surface area (Å²) in [7, 11) is 1.60. The zero-order chi connectivity index (χ0) is 23.5. The van der Waals surface area contributed by atoms with Crippen LogP contribution in [0.4, 0.5) is 11.4 Å². The number of rotatable bonds is 5. The zero-order valence-electron chi connectivity index (χ0n) is 19.4. The number of nitrogens with one attached hydrogen (secondary N) is 1. The Bertz CT molecular complexity index is 1080. The van der Waals surface area contributed by atoms with Crippen LogP contribution in [0.25, 0.3) is 0 Å². The number of aromatic nitrogens is 2. The molecule has 3 N–H and O–H groups in total. The van der Waals surface area contributed by atoms with Gasteiger partial charge in [-0.3, -0.25) is 4.79 Å². The topological polar surface area (TPSA) is 108 Å². The van der Waals surface area contributed by atoms with Gasteiger partial charge in [0.25, 0.3) is 0 Å². The normalized spacial score (nSPS) is 16.7. The second-order valence-corrected chi connectivity index (χ2v) is 8.69. The van der Waals surface area contributed by atoms with Crippen LogP contribution in [0.15, 0.2) is 24.8 Å². The summed E-state index contributed by atoms with van der Waals surface area (Å²) in [6.07, 6.45) is 6.04. The van der Waals surface area contributed by atoms with E-state index in [0.29, 0.717) is 24.8 Å². The SMILES string of the molecule is C=CC(=O)N1CCC(c2nc(OC)nc3c2CCN(c2c(C)ccc(N)c2C=N)CC3)CC1. The highest BCUT2D eigenvalue weighted by molar-refractivity contribution is 5.94. The van der Waals surface area contributed by atoms with Crippen molar-refractivity contribution in [3.05, 3.63) is 52.9 Å². The molecule has 0 radical (unpaired) electrons. The Balaban J connectivity index is 1.63. The van der Waals surface area contributed by atoms with Crippen molar-refractivity contribution < 1.29 is 9.53 Å². The van der Waals surface area contributed by atoms with Gasteiger partial charge in [0.05, 0.1) is 24.2 Å². The van der Waals surface area contributed by atoms with Gasteiger partial charge in [-0.25, -0.2) is 0 Å². The van der Waals surface area contributed by atoms with Crippen molar-refractivity contribution in [2.24, 2.45) is 0 Å². The summed E-state index contributed by atoms with van der Waals surface area (Å²) in [6, 6.07) is 4.29. The van der Waals surface area contributed by atoms with Crippen LogP contribution in [0.5, 0.6) is 6.01 Å². The Hall–Kier alpha value is -3.42. The second-order valence-electron chi connectivity index (χ2n) is 8.69. The lowest BCUT2D eigenvalue weighted by atomic mass is 9.88. The first-order chi connectivity index (χ1) is 16.0. The Kier molecular flexibility index (Phi) is 6.62. The molecule has 1 aromatic carbocycles. The smallest absolute Gasteiger partial charge is 0.316 e. The maximum Gasteiger partial charge on any atom is 0.316 e. The lowest BCUT2D eigenvalue weighted by Gasteiger charge is -2.32. The highest BCUT2D eigenvalue weighted by atomic mass is 16.5. The first kappa shape index (κ1) is 22.8.